The second kappa shape index (κ2) is 5.26. The first-order chi connectivity index (χ1) is 9.70. The zero-order valence-corrected chi connectivity index (χ0v) is 12.2. The van der Waals surface area contributed by atoms with E-state index in [2.05, 4.69) is 4.98 Å². The van der Waals surface area contributed by atoms with Gasteiger partial charge in [0.05, 0.1) is 18.2 Å². The van der Waals surface area contributed by atoms with Crippen LogP contribution in [0.2, 0.25) is 5.15 Å². The largest absolute Gasteiger partial charge is 0.465 e. The number of fused-ring (bicyclic) bond motifs is 1. The first kappa shape index (κ1) is 13.1. The van der Waals surface area contributed by atoms with Gasteiger partial charge in [0.2, 0.25) is 0 Å². The van der Waals surface area contributed by atoms with Crippen molar-refractivity contribution < 1.29 is 9.53 Å². The predicted octanol–water partition coefficient (Wildman–Crippen LogP) is 3.43. The van der Waals surface area contributed by atoms with Gasteiger partial charge in [-0.15, -0.1) is 11.3 Å². The lowest BCUT2D eigenvalue weighted by Crippen LogP contribution is -2.04. The monoisotopic (exact) mass is 306 g/mol. The molecule has 0 aliphatic rings. The van der Waals surface area contributed by atoms with E-state index >= 15 is 0 Å². The predicted molar refractivity (Wildman–Crippen MR) is 78.7 cm³/mol. The van der Waals surface area contributed by atoms with Gasteiger partial charge in [0.25, 0.3) is 0 Å². The van der Waals surface area contributed by atoms with Crippen molar-refractivity contribution in [3.63, 3.8) is 0 Å². The molecular weight excluding hydrogens is 296 g/mol. The van der Waals surface area contributed by atoms with E-state index < -0.39 is 5.97 Å². The number of rotatable bonds is 3. The highest BCUT2D eigenvalue weighted by Crippen LogP contribution is 2.25. The van der Waals surface area contributed by atoms with Gasteiger partial charge in [-0.05, 0) is 23.6 Å². The van der Waals surface area contributed by atoms with Crippen LogP contribution in [-0.4, -0.2) is 22.5 Å². The van der Waals surface area contributed by atoms with E-state index in [-0.39, 0.29) is 0 Å². The highest BCUT2D eigenvalue weighted by atomic mass is 35.5. The SMILES string of the molecule is COC(=O)c1cccn2c(Cc3cccs3)nc(Cl)c12. The highest BCUT2D eigenvalue weighted by Gasteiger charge is 2.18. The summed E-state index contributed by atoms with van der Waals surface area (Å²) in [7, 11) is 1.35. The molecule has 0 unspecified atom stereocenters. The second-order valence-corrected chi connectivity index (χ2v) is 5.60. The van der Waals surface area contributed by atoms with Crippen LogP contribution in [0.1, 0.15) is 21.1 Å². The number of aromatic nitrogens is 2. The molecule has 0 radical (unpaired) electrons. The second-order valence-electron chi connectivity index (χ2n) is 4.21. The van der Waals surface area contributed by atoms with Gasteiger partial charge in [-0.1, -0.05) is 17.7 Å². The first-order valence-electron chi connectivity index (χ1n) is 5.97. The Kier molecular flexibility index (Phi) is 3.46. The van der Waals surface area contributed by atoms with E-state index in [1.807, 2.05) is 28.1 Å². The summed E-state index contributed by atoms with van der Waals surface area (Å²) in [4.78, 5) is 17.3. The Morgan fingerprint density at radius 3 is 3.00 bits per heavy atom. The Morgan fingerprint density at radius 2 is 2.30 bits per heavy atom. The summed E-state index contributed by atoms with van der Waals surface area (Å²) in [5.41, 5.74) is 1.01. The normalized spacial score (nSPS) is 10.9. The van der Waals surface area contributed by atoms with Crippen molar-refractivity contribution in [2.45, 2.75) is 6.42 Å². The summed E-state index contributed by atoms with van der Waals surface area (Å²) in [5.74, 6) is 0.387. The fourth-order valence-corrected chi connectivity index (χ4v) is 3.11. The summed E-state index contributed by atoms with van der Waals surface area (Å²) < 4.78 is 6.62. The third kappa shape index (κ3) is 2.19. The van der Waals surface area contributed by atoms with E-state index in [0.717, 1.165) is 5.82 Å². The molecule has 0 aliphatic carbocycles. The van der Waals surface area contributed by atoms with Crippen LogP contribution in [0, 0.1) is 0 Å². The van der Waals surface area contributed by atoms with Crippen molar-refractivity contribution in [3.05, 3.63) is 57.3 Å². The quantitative estimate of drug-likeness (QED) is 0.696. The zero-order chi connectivity index (χ0) is 14.1. The fraction of sp³-hybridized carbons (Fsp3) is 0.143. The van der Waals surface area contributed by atoms with Crippen molar-refractivity contribution in [3.8, 4) is 0 Å². The maximum atomic E-state index is 11.8. The summed E-state index contributed by atoms with van der Waals surface area (Å²) in [6.45, 7) is 0. The molecule has 0 atom stereocenters. The van der Waals surface area contributed by atoms with E-state index in [1.54, 1.807) is 23.5 Å². The number of pyridine rings is 1. The molecule has 0 bridgehead atoms. The summed E-state index contributed by atoms with van der Waals surface area (Å²) >= 11 is 7.85. The Morgan fingerprint density at radius 1 is 1.45 bits per heavy atom. The fourth-order valence-electron chi connectivity index (χ4n) is 2.12. The van der Waals surface area contributed by atoms with Crippen LogP contribution in [0.5, 0.6) is 0 Å². The molecule has 102 valence electrons. The number of nitrogens with zero attached hydrogens (tertiary/aromatic N) is 2. The third-order valence-corrected chi connectivity index (χ3v) is 4.15. The average molecular weight is 307 g/mol. The smallest absolute Gasteiger partial charge is 0.340 e. The summed E-state index contributed by atoms with van der Waals surface area (Å²) in [6, 6.07) is 7.51. The molecule has 0 N–H and O–H groups in total. The molecule has 0 spiro atoms. The van der Waals surface area contributed by atoms with E-state index in [0.29, 0.717) is 22.7 Å². The minimum Gasteiger partial charge on any atom is -0.465 e. The first-order valence-corrected chi connectivity index (χ1v) is 7.22. The molecule has 0 fully saturated rings. The van der Waals surface area contributed by atoms with E-state index in [1.165, 1.54) is 12.0 Å². The number of ether oxygens (including phenoxy) is 1. The van der Waals surface area contributed by atoms with Crippen LogP contribution in [-0.2, 0) is 11.2 Å². The van der Waals surface area contributed by atoms with Gasteiger partial charge in [-0.3, -0.25) is 0 Å². The lowest BCUT2D eigenvalue weighted by atomic mass is 10.2. The molecule has 6 heteroatoms. The molecule has 3 heterocycles. The highest BCUT2D eigenvalue weighted by molar-refractivity contribution is 7.09. The van der Waals surface area contributed by atoms with Crippen molar-refractivity contribution in [2.24, 2.45) is 0 Å². The summed E-state index contributed by atoms with van der Waals surface area (Å²) in [6.07, 6.45) is 2.53. The number of carbonyl (C=O) groups is 1. The van der Waals surface area contributed by atoms with Crippen molar-refractivity contribution in [1.82, 2.24) is 9.38 Å². The Labute approximate surface area is 124 Å². The van der Waals surface area contributed by atoms with Crippen molar-refractivity contribution in [1.29, 1.82) is 0 Å². The molecule has 4 nitrogen and oxygen atoms in total. The average Bonchev–Trinajstić information content (AvgIpc) is 3.07. The number of esters is 1. The molecule has 0 saturated carbocycles. The van der Waals surface area contributed by atoms with E-state index in [4.69, 9.17) is 16.3 Å². The molecule has 0 saturated heterocycles. The van der Waals surface area contributed by atoms with Crippen LogP contribution >= 0.6 is 22.9 Å². The summed E-state index contributed by atoms with van der Waals surface area (Å²) in [5, 5.41) is 2.34. The molecular formula is C14H11ClN2O2S. The maximum Gasteiger partial charge on any atom is 0.340 e. The molecule has 0 amide bonds. The van der Waals surface area contributed by atoms with Gasteiger partial charge in [0, 0.05) is 17.5 Å². The van der Waals surface area contributed by atoms with Crippen molar-refractivity contribution >= 4 is 34.4 Å². The molecule has 0 aromatic carbocycles. The number of carbonyl (C=O) groups excluding carboxylic acids is 1. The molecule has 3 aromatic rings. The number of imidazole rings is 1. The number of thiophene rings is 1. The Balaban J connectivity index is 2.14. The number of halogens is 1. The molecule has 20 heavy (non-hydrogen) atoms. The Bertz CT molecular complexity index is 765. The van der Waals surface area contributed by atoms with Gasteiger partial charge in [-0.25, -0.2) is 9.78 Å². The standard InChI is InChI=1S/C14H11ClN2O2S/c1-19-14(18)10-5-2-6-17-11(16-13(15)12(10)17)8-9-4-3-7-20-9/h2-7H,8H2,1H3. The maximum absolute atomic E-state index is 11.8. The zero-order valence-electron chi connectivity index (χ0n) is 10.7. The third-order valence-electron chi connectivity index (χ3n) is 3.01. The van der Waals surface area contributed by atoms with Gasteiger partial charge in [0.1, 0.15) is 5.82 Å². The number of hydrogen-bond acceptors (Lipinski definition) is 4. The van der Waals surface area contributed by atoms with E-state index in [9.17, 15) is 4.79 Å². The van der Waals surface area contributed by atoms with Gasteiger partial charge in [-0.2, -0.15) is 0 Å². The minimum atomic E-state index is -0.417. The molecule has 3 aromatic heterocycles. The van der Waals surface area contributed by atoms with Crippen molar-refractivity contribution in [2.75, 3.05) is 7.11 Å². The molecule has 3 rings (SSSR count). The van der Waals surface area contributed by atoms with Crippen LogP contribution in [0.25, 0.3) is 5.52 Å². The van der Waals surface area contributed by atoms with Crippen LogP contribution < -0.4 is 0 Å². The van der Waals surface area contributed by atoms with Gasteiger partial charge >= 0.3 is 5.97 Å². The number of methoxy groups -OCH3 is 1. The van der Waals surface area contributed by atoms with Crippen LogP contribution in [0.4, 0.5) is 0 Å². The van der Waals surface area contributed by atoms with Crippen LogP contribution in [0.3, 0.4) is 0 Å². The molecule has 0 aliphatic heterocycles. The van der Waals surface area contributed by atoms with Crippen LogP contribution in [0.15, 0.2) is 35.8 Å². The minimum absolute atomic E-state index is 0.317. The number of hydrogen-bond donors (Lipinski definition) is 0. The Hall–Kier alpha value is -1.85. The lowest BCUT2D eigenvalue weighted by molar-refractivity contribution is 0.0602. The van der Waals surface area contributed by atoms with Gasteiger partial charge < -0.3 is 9.14 Å². The lowest BCUT2D eigenvalue weighted by Gasteiger charge is -2.04. The van der Waals surface area contributed by atoms with Gasteiger partial charge in [0.15, 0.2) is 5.15 Å². The topological polar surface area (TPSA) is 43.6 Å².